The van der Waals surface area contributed by atoms with E-state index in [0.717, 1.165) is 10.2 Å². The third-order valence-electron chi connectivity index (χ3n) is 2.22. The molecule has 0 atom stereocenters. The summed E-state index contributed by atoms with van der Waals surface area (Å²) < 4.78 is 5.93. The molecule has 94 valence electrons. The van der Waals surface area contributed by atoms with E-state index in [1.54, 1.807) is 31.5 Å². The second-order valence-electron chi connectivity index (χ2n) is 3.46. The zero-order valence-corrected chi connectivity index (χ0v) is 12.5. The van der Waals surface area contributed by atoms with Gasteiger partial charge in [0.1, 0.15) is 11.6 Å². The number of methoxy groups -OCH3 is 1. The van der Waals surface area contributed by atoms with Gasteiger partial charge in [0, 0.05) is 18.0 Å². The highest BCUT2D eigenvalue weighted by Gasteiger charge is 2.06. The molecule has 0 saturated heterocycles. The Bertz CT molecular complexity index is 578. The van der Waals surface area contributed by atoms with Crippen molar-refractivity contribution in [3.05, 3.63) is 45.0 Å². The summed E-state index contributed by atoms with van der Waals surface area (Å²) in [6.45, 7) is 0. The van der Waals surface area contributed by atoms with E-state index in [1.165, 1.54) is 0 Å². The number of rotatable bonds is 3. The fraction of sp³-hybridized carbons (Fsp3) is 0.0833. The van der Waals surface area contributed by atoms with Gasteiger partial charge in [0.15, 0.2) is 0 Å². The van der Waals surface area contributed by atoms with E-state index >= 15 is 0 Å². The minimum atomic E-state index is 0.561. The van der Waals surface area contributed by atoms with Gasteiger partial charge in [0.2, 0.25) is 0 Å². The highest BCUT2D eigenvalue weighted by molar-refractivity contribution is 9.10. The van der Waals surface area contributed by atoms with Crippen molar-refractivity contribution in [3.63, 3.8) is 0 Å². The Morgan fingerprint density at radius 3 is 2.72 bits per heavy atom. The summed E-state index contributed by atoms with van der Waals surface area (Å²) in [5.74, 6) is 1.27. The minimum absolute atomic E-state index is 0.561. The molecule has 0 amide bonds. The molecule has 0 bridgehead atoms. The predicted octanol–water partition coefficient (Wildman–Crippen LogP) is 4.90. The van der Waals surface area contributed by atoms with Crippen LogP contribution in [0.25, 0.3) is 0 Å². The van der Waals surface area contributed by atoms with Crippen LogP contribution in [0.3, 0.4) is 0 Å². The summed E-state index contributed by atoms with van der Waals surface area (Å²) in [6.07, 6.45) is 1.57. The monoisotopic (exact) mass is 346 g/mol. The van der Waals surface area contributed by atoms with Gasteiger partial charge >= 0.3 is 0 Å². The maximum Gasteiger partial charge on any atom is 0.144 e. The Morgan fingerprint density at radius 2 is 2.06 bits per heavy atom. The average Bonchev–Trinajstić information content (AvgIpc) is 2.35. The summed E-state index contributed by atoms with van der Waals surface area (Å²) in [6, 6.07) is 7.16. The number of benzene rings is 1. The molecular weight excluding hydrogens is 339 g/mol. The largest absolute Gasteiger partial charge is 0.495 e. The average molecular weight is 348 g/mol. The summed E-state index contributed by atoms with van der Waals surface area (Å²) >= 11 is 15.2. The van der Waals surface area contributed by atoms with Crippen molar-refractivity contribution in [1.29, 1.82) is 0 Å². The maximum absolute atomic E-state index is 5.96. The van der Waals surface area contributed by atoms with Crippen LogP contribution in [0.5, 0.6) is 5.75 Å². The molecule has 2 aromatic rings. The molecule has 1 N–H and O–H groups in total. The van der Waals surface area contributed by atoms with Crippen LogP contribution >= 0.6 is 39.1 Å². The molecule has 1 aromatic carbocycles. The molecule has 0 aliphatic carbocycles. The van der Waals surface area contributed by atoms with Crippen LogP contribution in [0.2, 0.25) is 10.0 Å². The van der Waals surface area contributed by atoms with Crippen LogP contribution in [0, 0.1) is 0 Å². The number of hydrogen-bond donors (Lipinski definition) is 1. The third-order valence-corrected chi connectivity index (χ3v) is 3.35. The molecule has 0 aliphatic heterocycles. The first-order valence-corrected chi connectivity index (χ1v) is 6.56. The van der Waals surface area contributed by atoms with Crippen LogP contribution in [-0.2, 0) is 0 Å². The molecular formula is C12H9BrCl2N2O. The van der Waals surface area contributed by atoms with E-state index < -0.39 is 0 Å². The predicted molar refractivity (Wildman–Crippen MR) is 78.2 cm³/mol. The highest BCUT2D eigenvalue weighted by atomic mass is 79.9. The van der Waals surface area contributed by atoms with Gasteiger partial charge in [0.25, 0.3) is 0 Å². The smallest absolute Gasteiger partial charge is 0.144 e. The second-order valence-corrected chi connectivity index (χ2v) is 5.16. The number of ether oxygens (including phenoxy) is 1. The summed E-state index contributed by atoms with van der Waals surface area (Å²) in [4.78, 5) is 4.19. The Morgan fingerprint density at radius 1 is 1.28 bits per heavy atom. The van der Waals surface area contributed by atoms with Crippen LogP contribution in [0.1, 0.15) is 0 Å². The first kappa shape index (κ1) is 13.5. The molecule has 0 radical (unpaired) electrons. The van der Waals surface area contributed by atoms with E-state index in [-0.39, 0.29) is 0 Å². The third kappa shape index (κ3) is 3.07. The fourth-order valence-corrected chi connectivity index (χ4v) is 2.31. The molecule has 1 aromatic heterocycles. The van der Waals surface area contributed by atoms with Crippen molar-refractivity contribution in [2.45, 2.75) is 0 Å². The van der Waals surface area contributed by atoms with Crippen LogP contribution in [0.4, 0.5) is 11.5 Å². The van der Waals surface area contributed by atoms with Gasteiger partial charge in [-0.25, -0.2) is 4.98 Å². The summed E-state index contributed by atoms with van der Waals surface area (Å²) in [5.41, 5.74) is 0.826. The number of nitrogens with zero attached hydrogens (tertiary/aromatic N) is 1. The van der Waals surface area contributed by atoms with E-state index in [2.05, 4.69) is 26.2 Å². The summed E-state index contributed by atoms with van der Waals surface area (Å²) in [7, 11) is 1.57. The Labute approximate surface area is 123 Å². The number of hydrogen-bond acceptors (Lipinski definition) is 3. The molecule has 0 fully saturated rings. The van der Waals surface area contributed by atoms with Crippen molar-refractivity contribution < 1.29 is 4.74 Å². The lowest BCUT2D eigenvalue weighted by Crippen LogP contribution is -1.95. The lowest BCUT2D eigenvalue weighted by molar-refractivity contribution is 0.415. The van der Waals surface area contributed by atoms with Crippen LogP contribution < -0.4 is 10.1 Å². The molecule has 1 heterocycles. The molecule has 0 unspecified atom stereocenters. The number of nitrogens with one attached hydrogen (secondary N) is 1. The van der Waals surface area contributed by atoms with Crippen molar-refractivity contribution >= 4 is 50.6 Å². The topological polar surface area (TPSA) is 34.1 Å². The normalized spacial score (nSPS) is 10.2. The molecule has 0 spiro atoms. The number of halogens is 3. The first-order chi connectivity index (χ1) is 8.60. The zero-order chi connectivity index (χ0) is 13.1. The molecule has 0 saturated carbocycles. The lowest BCUT2D eigenvalue weighted by Gasteiger charge is -2.10. The molecule has 18 heavy (non-hydrogen) atoms. The van der Waals surface area contributed by atoms with Gasteiger partial charge in [-0.2, -0.15) is 0 Å². The van der Waals surface area contributed by atoms with Gasteiger partial charge in [-0.1, -0.05) is 23.2 Å². The molecule has 2 rings (SSSR count). The summed E-state index contributed by atoms with van der Waals surface area (Å²) in [5, 5.41) is 4.28. The Balaban J connectivity index is 2.28. The second kappa shape index (κ2) is 5.78. The number of pyridine rings is 1. The quantitative estimate of drug-likeness (QED) is 0.857. The maximum atomic E-state index is 5.96. The molecule has 3 nitrogen and oxygen atoms in total. The highest BCUT2D eigenvalue weighted by Crippen LogP contribution is 2.31. The van der Waals surface area contributed by atoms with E-state index in [4.69, 9.17) is 27.9 Å². The van der Waals surface area contributed by atoms with Gasteiger partial charge in [-0.3, -0.25) is 0 Å². The van der Waals surface area contributed by atoms with Crippen LogP contribution in [0.15, 0.2) is 34.9 Å². The zero-order valence-electron chi connectivity index (χ0n) is 9.38. The Kier molecular flexibility index (Phi) is 4.32. The van der Waals surface area contributed by atoms with Crippen molar-refractivity contribution in [3.8, 4) is 5.75 Å². The first-order valence-electron chi connectivity index (χ1n) is 5.02. The minimum Gasteiger partial charge on any atom is -0.495 e. The van der Waals surface area contributed by atoms with Gasteiger partial charge in [-0.15, -0.1) is 0 Å². The van der Waals surface area contributed by atoms with E-state index in [1.807, 2.05) is 6.07 Å². The van der Waals surface area contributed by atoms with E-state index in [9.17, 15) is 0 Å². The fourth-order valence-electron chi connectivity index (χ4n) is 1.38. The van der Waals surface area contributed by atoms with Gasteiger partial charge in [-0.05, 0) is 34.1 Å². The van der Waals surface area contributed by atoms with Crippen molar-refractivity contribution in [2.24, 2.45) is 0 Å². The molecule has 6 heteroatoms. The lowest BCUT2D eigenvalue weighted by atomic mass is 10.3. The SMILES string of the molecule is COc1cc(Nc2ncc(Cl)cc2Br)ccc1Cl. The van der Waals surface area contributed by atoms with E-state index in [0.29, 0.717) is 21.6 Å². The molecule has 0 aliphatic rings. The van der Waals surface area contributed by atoms with Crippen LogP contribution in [-0.4, -0.2) is 12.1 Å². The standard InChI is InChI=1S/C12H9BrCl2N2O/c1-18-11-5-8(2-3-10(11)15)17-12-9(13)4-7(14)6-16-12/h2-6H,1H3,(H,16,17). The number of aromatic nitrogens is 1. The Hall–Kier alpha value is -0.970. The van der Waals surface area contributed by atoms with Gasteiger partial charge < -0.3 is 10.1 Å². The van der Waals surface area contributed by atoms with Crippen molar-refractivity contribution in [1.82, 2.24) is 4.98 Å². The number of anilines is 2. The van der Waals surface area contributed by atoms with Gasteiger partial charge in [0.05, 0.1) is 21.6 Å². The van der Waals surface area contributed by atoms with Crippen molar-refractivity contribution in [2.75, 3.05) is 12.4 Å².